The second-order valence-corrected chi connectivity index (χ2v) is 14.9. The minimum absolute atomic E-state index is 0.0530. The molecule has 1 unspecified atom stereocenters. The van der Waals surface area contributed by atoms with E-state index in [-0.39, 0.29) is 52.7 Å². The Morgan fingerprint density at radius 2 is 1.60 bits per heavy atom. The van der Waals surface area contributed by atoms with Crippen LogP contribution in [0.4, 0.5) is 27.5 Å². The molecule has 0 spiro atoms. The number of phenols is 1. The molecule has 1 aromatic heterocycles. The van der Waals surface area contributed by atoms with Crippen molar-refractivity contribution in [1.82, 2.24) is 20.0 Å². The Morgan fingerprint density at radius 1 is 0.903 bits per heavy atom. The molecule has 1 saturated heterocycles. The Hall–Kier alpha value is -8.34. The highest BCUT2D eigenvalue weighted by atomic mass is 16.6. The van der Waals surface area contributed by atoms with Crippen LogP contribution in [0.1, 0.15) is 22.8 Å². The van der Waals surface area contributed by atoms with Crippen LogP contribution >= 0.6 is 0 Å². The number of para-hydroxylation sites is 3. The Kier molecular flexibility index (Phi) is 10.7. The molecule has 1 aliphatic heterocycles. The third-order valence-corrected chi connectivity index (χ3v) is 10.6. The van der Waals surface area contributed by atoms with E-state index in [2.05, 4.69) is 15.6 Å². The number of anilines is 3. The van der Waals surface area contributed by atoms with Gasteiger partial charge < -0.3 is 19.9 Å². The highest BCUT2D eigenvalue weighted by molar-refractivity contribution is 6.12. The Bertz CT molecular complexity index is 2920. The first kappa shape index (κ1) is 40.4. The third-order valence-electron chi connectivity index (χ3n) is 10.6. The van der Waals surface area contributed by atoms with E-state index in [1.165, 1.54) is 34.9 Å². The maximum absolute atomic E-state index is 14.7. The monoisotopic (exact) mass is 834 g/mol. The molecular weight excluding hydrogens is 797 g/mol. The van der Waals surface area contributed by atoms with Crippen LogP contribution in [0.5, 0.6) is 17.2 Å². The van der Waals surface area contributed by atoms with Crippen molar-refractivity contribution < 1.29 is 38.7 Å². The Morgan fingerprint density at radius 3 is 2.35 bits per heavy atom. The van der Waals surface area contributed by atoms with Crippen LogP contribution in [0.15, 0.2) is 127 Å². The van der Waals surface area contributed by atoms with Crippen LogP contribution in [0.2, 0.25) is 0 Å². The number of aryl methyl sites for hydroxylation is 1. The normalized spacial score (nSPS) is 14.9. The van der Waals surface area contributed by atoms with Crippen LogP contribution in [0.3, 0.4) is 0 Å². The lowest BCUT2D eigenvalue weighted by Crippen LogP contribution is -2.50. The summed E-state index contributed by atoms with van der Waals surface area (Å²) in [6, 6.07) is 33.6. The summed E-state index contributed by atoms with van der Waals surface area (Å²) in [5.74, 6) is -2.29. The number of non-ortho nitro benzene ring substituents is 1. The zero-order valence-corrected chi connectivity index (χ0v) is 33.6. The largest absolute Gasteiger partial charge is 0.506 e. The molecule has 0 saturated carbocycles. The number of rotatable bonds is 11. The minimum Gasteiger partial charge on any atom is -0.506 e. The number of carbonyl (C=O) groups is 4. The van der Waals surface area contributed by atoms with E-state index in [1.54, 1.807) is 97.9 Å². The van der Waals surface area contributed by atoms with Gasteiger partial charge in [0.25, 0.3) is 17.5 Å². The highest BCUT2D eigenvalue weighted by Crippen LogP contribution is 2.43. The average Bonchev–Trinajstić information content (AvgIpc) is 3.81. The molecule has 6 aromatic carbocycles. The van der Waals surface area contributed by atoms with Gasteiger partial charge in [0.05, 0.1) is 33.9 Å². The number of urea groups is 1. The number of carbonyl (C=O) groups excluding carboxylic acids is 4. The Labute approximate surface area is 353 Å². The number of hydrogen-bond acceptors (Lipinski definition) is 12. The highest BCUT2D eigenvalue weighted by Gasteiger charge is 2.52. The first-order valence-corrected chi connectivity index (χ1v) is 19.3. The smallest absolute Gasteiger partial charge is 0.350 e. The van der Waals surface area contributed by atoms with Gasteiger partial charge in [-0.2, -0.15) is 5.01 Å². The molecule has 312 valence electrons. The standard InChI is InChI=1S/C45H38N8O9/c1-28-13-7-10-18-34(28)46-42(56)33-24-39(31-16-8-9-17-32(31)41(33)55)62-38-22-21-30(53(59)60)23-37(38)49(3)44(58)52-43(57)45(2,26-51(52)29-14-5-4-6-15-29)27-61-40(54)25-50-36-20-12-11-19-35(36)47-48-50/h4-24,55H,25-27H2,1-3H3,(H,46,56). The van der Waals surface area contributed by atoms with Crippen molar-refractivity contribution in [3.63, 3.8) is 0 Å². The summed E-state index contributed by atoms with van der Waals surface area (Å²) in [7, 11) is 1.33. The molecule has 0 radical (unpaired) electrons. The number of aromatic hydroxyl groups is 1. The third kappa shape index (κ3) is 7.65. The quantitative estimate of drug-likeness (QED) is 0.0734. The maximum atomic E-state index is 14.7. The fourth-order valence-corrected chi connectivity index (χ4v) is 7.20. The number of nitrogens with one attached hydrogen (secondary N) is 1. The van der Waals surface area contributed by atoms with Gasteiger partial charge in [0.2, 0.25) is 0 Å². The lowest BCUT2D eigenvalue weighted by atomic mass is 9.92. The fourth-order valence-electron chi connectivity index (χ4n) is 7.20. The number of hydrogen-bond donors (Lipinski definition) is 2. The number of esters is 1. The molecule has 1 atom stereocenters. The predicted molar refractivity (Wildman–Crippen MR) is 229 cm³/mol. The first-order valence-electron chi connectivity index (χ1n) is 19.3. The van der Waals surface area contributed by atoms with Gasteiger partial charge >= 0.3 is 12.0 Å². The number of fused-ring (bicyclic) bond motifs is 2. The van der Waals surface area contributed by atoms with Gasteiger partial charge in [-0.1, -0.05) is 78.0 Å². The van der Waals surface area contributed by atoms with Crippen molar-refractivity contribution in [2.45, 2.75) is 20.4 Å². The number of nitro benzene ring substituents is 1. The SMILES string of the molecule is Cc1ccccc1NC(=O)c1cc(Oc2ccc([N+](=O)[O-])cc2N(C)C(=O)N2C(=O)C(C)(COC(=O)Cn3nnc4ccccc43)CN2c2ccccc2)c2ccccc2c1O. The second-order valence-electron chi connectivity index (χ2n) is 14.9. The molecule has 1 aliphatic rings. The second kappa shape index (κ2) is 16.4. The summed E-state index contributed by atoms with van der Waals surface area (Å²) in [6.07, 6.45) is 0. The molecule has 8 rings (SSSR count). The van der Waals surface area contributed by atoms with Gasteiger partial charge in [-0.05, 0) is 61.9 Å². The number of nitro groups is 1. The van der Waals surface area contributed by atoms with E-state index in [9.17, 15) is 34.4 Å². The molecule has 62 heavy (non-hydrogen) atoms. The summed E-state index contributed by atoms with van der Waals surface area (Å²) < 4.78 is 13.5. The fraction of sp³-hybridized carbons (Fsp3) is 0.156. The number of amides is 4. The van der Waals surface area contributed by atoms with Gasteiger partial charge in [0.1, 0.15) is 35.6 Å². The lowest BCUT2D eigenvalue weighted by Gasteiger charge is -2.31. The molecule has 0 aliphatic carbocycles. The van der Waals surface area contributed by atoms with E-state index in [4.69, 9.17) is 9.47 Å². The summed E-state index contributed by atoms with van der Waals surface area (Å²) in [5.41, 5.74) is 0.958. The van der Waals surface area contributed by atoms with Crippen LogP contribution in [-0.2, 0) is 20.9 Å². The zero-order valence-electron chi connectivity index (χ0n) is 33.6. The molecule has 2 N–H and O–H groups in total. The van der Waals surface area contributed by atoms with Crippen molar-refractivity contribution in [3.05, 3.63) is 149 Å². The molecule has 7 aromatic rings. The summed E-state index contributed by atoms with van der Waals surface area (Å²) in [4.78, 5) is 68.5. The van der Waals surface area contributed by atoms with Crippen LogP contribution in [-0.4, -0.2) is 74.0 Å². The van der Waals surface area contributed by atoms with Crippen molar-refractivity contribution in [2.24, 2.45) is 5.41 Å². The van der Waals surface area contributed by atoms with E-state index in [0.29, 0.717) is 27.8 Å². The lowest BCUT2D eigenvalue weighted by molar-refractivity contribution is -0.384. The van der Waals surface area contributed by atoms with Gasteiger partial charge in [0.15, 0.2) is 5.75 Å². The molecular formula is C45H38N8O9. The van der Waals surface area contributed by atoms with Crippen LogP contribution in [0, 0.1) is 22.5 Å². The van der Waals surface area contributed by atoms with E-state index in [1.807, 2.05) is 19.1 Å². The Balaban J connectivity index is 1.11. The van der Waals surface area contributed by atoms with E-state index >= 15 is 0 Å². The number of ether oxygens (including phenoxy) is 2. The number of nitrogens with zero attached hydrogens (tertiary/aromatic N) is 7. The van der Waals surface area contributed by atoms with Gasteiger partial charge in [-0.25, -0.2) is 9.48 Å². The van der Waals surface area contributed by atoms with Crippen molar-refractivity contribution >= 4 is 68.4 Å². The van der Waals surface area contributed by atoms with Crippen molar-refractivity contribution in [1.29, 1.82) is 0 Å². The molecule has 0 bridgehead atoms. The number of aromatic nitrogens is 3. The van der Waals surface area contributed by atoms with Crippen LogP contribution in [0.25, 0.3) is 21.8 Å². The molecule has 2 heterocycles. The number of phenolic OH excluding ortho intramolecular Hbond substituents is 1. The number of benzene rings is 6. The van der Waals surface area contributed by atoms with E-state index < -0.39 is 40.8 Å². The molecule has 17 heteroatoms. The summed E-state index contributed by atoms with van der Waals surface area (Å²) >= 11 is 0. The van der Waals surface area contributed by atoms with E-state index in [0.717, 1.165) is 21.5 Å². The number of imide groups is 1. The zero-order chi connectivity index (χ0) is 43.7. The summed E-state index contributed by atoms with van der Waals surface area (Å²) in [6.45, 7) is 2.64. The predicted octanol–water partition coefficient (Wildman–Crippen LogP) is 7.62. The molecule has 17 nitrogen and oxygen atoms in total. The first-order chi connectivity index (χ1) is 29.8. The topological polar surface area (TPSA) is 203 Å². The number of hydrazine groups is 1. The minimum atomic E-state index is -1.44. The molecule has 4 amide bonds. The van der Waals surface area contributed by atoms with Gasteiger partial charge in [-0.3, -0.25) is 34.4 Å². The van der Waals surface area contributed by atoms with Gasteiger partial charge in [-0.15, -0.1) is 5.10 Å². The van der Waals surface area contributed by atoms with Crippen molar-refractivity contribution in [3.8, 4) is 17.2 Å². The average molecular weight is 835 g/mol. The maximum Gasteiger partial charge on any atom is 0.350 e. The van der Waals surface area contributed by atoms with Crippen molar-refractivity contribution in [2.75, 3.05) is 35.4 Å². The van der Waals surface area contributed by atoms with Crippen LogP contribution < -0.4 is 20.0 Å². The molecule has 1 fully saturated rings. The summed E-state index contributed by atoms with van der Waals surface area (Å²) in [5, 5.41) is 37.4. The van der Waals surface area contributed by atoms with Gasteiger partial charge in [0, 0.05) is 35.6 Å².